The van der Waals surface area contributed by atoms with Gasteiger partial charge in [-0.2, -0.15) is 0 Å². The van der Waals surface area contributed by atoms with Gasteiger partial charge in [-0.1, -0.05) is 29.3 Å². The molecule has 1 unspecified atom stereocenters. The van der Waals surface area contributed by atoms with E-state index in [4.69, 9.17) is 0 Å². The minimum absolute atomic E-state index is 0.199. The Hall–Kier alpha value is -1.10. The first-order chi connectivity index (χ1) is 9.15. The number of benzene rings is 1. The number of piperidine rings is 1. The van der Waals surface area contributed by atoms with Crippen molar-refractivity contribution in [2.24, 2.45) is 5.92 Å². The normalized spacial score (nSPS) is 19.5. The Morgan fingerprint density at radius 1 is 1.53 bits per heavy atom. The van der Waals surface area contributed by atoms with Crippen LogP contribution < -0.4 is 4.90 Å². The van der Waals surface area contributed by atoms with Gasteiger partial charge < -0.3 is 4.90 Å². The zero-order valence-electron chi connectivity index (χ0n) is 11.1. The third-order valence-corrected chi connectivity index (χ3v) is 4.47. The Balaban J connectivity index is 2.23. The fourth-order valence-electron chi connectivity index (χ4n) is 2.69. The molecule has 0 aliphatic carbocycles. The number of nitro groups is 1. The average molecular weight is 327 g/mol. The van der Waals surface area contributed by atoms with E-state index in [-0.39, 0.29) is 10.6 Å². The van der Waals surface area contributed by atoms with Gasteiger partial charge in [0.15, 0.2) is 0 Å². The quantitative estimate of drug-likeness (QED) is 0.475. The molecule has 0 N–H and O–H groups in total. The molecule has 1 heterocycles. The molecule has 0 radical (unpaired) electrons. The number of halogens is 1. The number of alkyl halides is 1. The maximum absolute atomic E-state index is 10.9. The summed E-state index contributed by atoms with van der Waals surface area (Å²) in [5.74, 6) is 0.747. The zero-order valence-corrected chi connectivity index (χ0v) is 12.7. The summed E-state index contributed by atoms with van der Waals surface area (Å²) in [7, 11) is 0. The molecule has 4 nitrogen and oxygen atoms in total. The lowest BCUT2D eigenvalue weighted by molar-refractivity contribution is -0.385. The van der Waals surface area contributed by atoms with Gasteiger partial charge in [0, 0.05) is 35.7 Å². The lowest BCUT2D eigenvalue weighted by atomic mass is 9.95. The lowest BCUT2D eigenvalue weighted by Crippen LogP contribution is -2.35. The van der Waals surface area contributed by atoms with Crippen LogP contribution in [-0.4, -0.2) is 18.0 Å². The monoisotopic (exact) mass is 326 g/mol. The largest absolute Gasteiger partial charge is 0.371 e. The molecule has 0 spiro atoms. The van der Waals surface area contributed by atoms with Crippen LogP contribution in [0.3, 0.4) is 0 Å². The molecule has 1 aromatic rings. The third kappa shape index (κ3) is 3.26. The Morgan fingerprint density at radius 2 is 2.32 bits per heavy atom. The van der Waals surface area contributed by atoms with Crippen molar-refractivity contribution in [2.45, 2.75) is 31.5 Å². The number of hydrogen-bond donors (Lipinski definition) is 0. The van der Waals surface area contributed by atoms with Crippen molar-refractivity contribution >= 4 is 27.3 Å². The first kappa shape index (κ1) is 14.3. The van der Waals surface area contributed by atoms with Crippen molar-refractivity contribution in [3.8, 4) is 0 Å². The maximum Gasteiger partial charge on any atom is 0.273 e. The van der Waals surface area contributed by atoms with Crippen molar-refractivity contribution in [3.63, 3.8) is 0 Å². The number of nitrogens with zero attached hydrogens (tertiary/aromatic N) is 2. The van der Waals surface area contributed by atoms with E-state index in [2.05, 4.69) is 27.8 Å². The van der Waals surface area contributed by atoms with Gasteiger partial charge in [0.05, 0.1) is 4.92 Å². The molecule has 1 aliphatic heterocycles. The molecule has 104 valence electrons. The average Bonchev–Trinajstić information content (AvgIpc) is 2.46. The summed E-state index contributed by atoms with van der Waals surface area (Å²) in [6.45, 7) is 4.35. The minimum Gasteiger partial charge on any atom is -0.371 e. The van der Waals surface area contributed by atoms with Crippen LogP contribution >= 0.6 is 15.9 Å². The molecule has 0 aromatic heterocycles. The van der Waals surface area contributed by atoms with Crippen LogP contribution in [-0.2, 0) is 5.33 Å². The second kappa shape index (κ2) is 6.37. The molecule has 1 atom stereocenters. The van der Waals surface area contributed by atoms with Gasteiger partial charge in [0.25, 0.3) is 5.69 Å². The van der Waals surface area contributed by atoms with Crippen molar-refractivity contribution in [1.82, 2.24) is 0 Å². The second-order valence-corrected chi connectivity index (χ2v) is 5.63. The molecule has 1 fully saturated rings. The van der Waals surface area contributed by atoms with Gasteiger partial charge >= 0.3 is 0 Å². The third-order valence-electron chi connectivity index (χ3n) is 3.87. The molecule has 0 bridgehead atoms. The van der Waals surface area contributed by atoms with E-state index in [0.717, 1.165) is 30.3 Å². The van der Waals surface area contributed by atoms with Gasteiger partial charge in [0.2, 0.25) is 0 Å². The van der Waals surface area contributed by atoms with E-state index in [1.54, 1.807) is 6.07 Å². The Kier molecular flexibility index (Phi) is 4.80. The number of hydrogen-bond acceptors (Lipinski definition) is 3. The summed E-state index contributed by atoms with van der Waals surface area (Å²) >= 11 is 3.34. The predicted octanol–water partition coefficient (Wildman–Crippen LogP) is 4.12. The van der Waals surface area contributed by atoms with Crippen LogP contribution in [0, 0.1) is 16.0 Å². The van der Waals surface area contributed by atoms with Crippen molar-refractivity contribution in [2.75, 3.05) is 18.0 Å². The highest BCUT2D eigenvalue weighted by molar-refractivity contribution is 9.08. The maximum atomic E-state index is 10.9. The van der Waals surface area contributed by atoms with Crippen molar-refractivity contribution in [3.05, 3.63) is 33.9 Å². The van der Waals surface area contributed by atoms with E-state index in [0.29, 0.717) is 5.33 Å². The molecule has 1 saturated heterocycles. The summed E-state index contributed by atoms with van der Waals surface area (Å²) < 4.78 is 0. The Labute approximate surface area is 122 Å². The zero-order chi connectivity index (χ0) is 13.8. The van der Waals surface area contributed by atoms with Gasteiger partial charge in [-0.05, 0) is 30.9 Å². The fourth-order valence-corrected chi connectivity index (χ4v) is 3.14. The van der Waals surface area contributed by atoms with Crippen molar-refractivity contribution in [1.29, 1.82) is 0 Å². The van der Waals surface area contributed by atoms with Gasteiger partial charge in [-0.3, -0.25) is 10.1 Å². The van der Waals surface area contributed by atoms with E-state index in [1.807, 2.05) is 12.1 Å². The van der Waals surface area contributed by atoms with E-state index in [9.17, 15) is 10.1 Å². The highest BCUT2D eigenvalue weighted by atomic mass is 79.9. The van der Waals surface area contributed by atoms with Crippen molar-refractivity contribution < 1.29 is 4.92 Å². The molecule has 5 heteroatoms. The number of anilines is 1. The molecule has 0 amide bonds. The minimum atomic E-state index is -0.314. The summed E-state index contributed by atoms with van der Waals surface area (Å²) in [4.78, 5) is 13.0. The molecular weight excluding hydrogens is 308 g/mol. The summed E-state index contributed by atoms with van der Waals surface area (Å²) in [6.07, 6.45) is 3.71. The first-order valence-electron chi connectivity index (χ1n) is 6.74. The molecule has 2 rings (SSSR count). The molecular formula is C14H19BrN2O2. The Morgan fingerprint density at radius 3 is 2.95 bits per heavy atom. The number of nitro benzene ring substituents is 1. The fraction of sp³-hybridized carbons (Fsp3) is 0.571. The van der Waals surface area contributed by atoms with E-state index < -0.39 is 0 Å². The summed E-state index contributed by atoms with van der Waals surface area (Å²) in [6, 6.07) is 5.45. The van der Waals surface area contributed by atoms with Crippen LogP contribution in [0.25, 0.3) is 0 Å². The van der Waals surface area contributed by atoms with Crippen LogP contribution in [0.15, 0.2) is 18.2 Å². The molecule has 19 heavy (non-hydrogen) atoms. The van der Waals surface area contributed by atoms with E-state index >= 15 is 0 Å². The topological polar surface area (TPSA) is 46.4 Å². The van der Waals surface area contributed by atoms with Crippen LogP contribution in [0.1, 0.15) is 31.7 Å². The lowest BCUT2D eigenvalue weighted by Gasteiger charge is -2.34. The summed E-state index contributed by atoms with van der Waals surface area (Å²) in [5.41, 5.74) is 2.06. The second-order valence-electron chi connectivity index (χ2n) is 5.07. The standard InChI is InChI=1S/C14H19BrN2O2/c1-2-11-4-3-7-16(10-11)13-5-6-14(17(18)19)12(8-13)9-15/h5-6,8,11H,2-4,7,9-10H2,1H3. The molecule has 1 aliphatic rings. The van der Waals surface area contributed by atoms with Crippen LogP contribution in [0.2, 0.25) is 0 Å². The molecule has 1 aromatic carbocycles. The highest BCUT2D eigenvalue weighted by Crippen LogP contribution is 2.30. The predicted molar refractivity (Wildman–Crippen MR) is 81.0 cm³/mol. The van der Waals surface area contributed by atoms with E-state index in [1.165, 1.54) is 19.3 Å². The Bertz CT molecular complexity index is 465. The summed E-state index contributed by atoms with van der Waals surface area (Å²) in [5, 5.41) is 11.5. The SMILES string of the molecule is CCC1CCCN(c2ccc([N+](=O)[O-])c(CBr)c2)C1. The van der Waals surface area contributed by atoms with Gasteiger partial charge in [-0.25, -0.2) is 0 Å². The highest BCUT2D eigenvalue weighted by Gasteiger charge is 2.21. The van der Waals surface area contributed by atoms with Crippen LogP contribution in [0.4, 0.5) is 11.4 Å². The van der Waals surface area contributed by atoms with Crippen LogP contribution in [0.5, 0.6) is 0 Å². The number of rotatable bonds is 4. The van der Waals surface area contributed by atoms with Gasteiger partial charge in [0.1, 0.15) is 0 Å². The smallest absolute Gasteiger partial charge is 0.273 e. The van der Waals surface area contributed by atoms with Gasteiger partial charge in [-0.15, -0.1) is 0 Å². The molecule has 0 saturated carbocycles. The first-order valence-corrected chi connectivity index (χ1v) is 7.86.